The van der Waals surface area contributed by atoms with Gasteiger partial charge in [0.25, 0.3) is 0 Å². The Morgan fingerprint density at radius 1 is 1.47 bits per heavy atom. The van der Waals surface area contributed by atoms with Crippen LogP contribution in [0.2, 0.25) is 0 Å². The smallest absolute Gasteiger partial charge is 0.137 e. The summed E-state index contributed by atoms with van der Waals surface area (Å²) in [5, 5.41) is 4.32. The van der Waals surface area contributed by atoms with E-state index in [4.69, 9.17) is 0 Å². The second-order valence-electron chi connectivity index (χ2n) is 4.46. The predicted molar refractivity (Wildman–Crippen MR) is 75.9 cm³/mol. The van der Waals surface area contributed by atoms with E-state index in [1.807, 2.05) is 17.8 Å². The standard InChI is InChI=1S/C13H17BrFNS/c1-17-11-6-5-10(7-11)16-8-9-3-2-4-12(15)13(9)14/h2-4,10-11,16H,5-8H2,1H3. The maximum atomic E-state index is 13.3. The van der Waals surface area contributed by atoms with Gasteiger partial charge >= 0.3 is 0 Å². The molecule has 1 aliphatic carbocycles. The third kappa shape index (κ3) is 3.46. The molecule has 1 N–H and O–H groups in total. The van der Waals surface area contributed by atoms with Crippen LogP contribution >= 0.6 is 27.7 Å². The molecule has 0 radical (unpaired) electrons. The fraction of sp³-hybridized carbons (Fsp3) is 0.538. The number of hydrogen-bond acceptors (Lipinski definition) is 2. The summed E-state index contributed by atoms with van der Waals surface area (Å²) in [5.41, 5.74) is 0.998. The van der Waals surface area contributed by atoms with E-state index >= 15 is 0 Å². The molecule has 1 nitrogen and oxygen atoms in total. The van der Waals surface area contributed by atoms with E-state index in [9.17, 15) is 4.39 Å². The third-order valence-electron chi connectivity index (χ3n) is 3.33. The first kappa shape index (κ1) is 13.4. The maximum absolute atomic E-state index is 13.3. The lowest BCUT2D eigenvalue weighted by molar-refractivity contribution is 0.521. The van der Waals surface area contributed by atoms with Crippen molar-refractivity contribution in [3.63, 3.8) is 0 Å². The lowest BCUT2D eigenvalue weighted by atomic mass is 10.2. The molecule has 2 unspecified atom stereocenters. The van der Waals surface area contributed by atoms with Gasteiger partial charge in [-0.1, -0.05) is 12.1 Å². The van der Waals surface area contributed by atoms with Crippen LogP contribution in [0.25, 0.3) is 0 Å². The Hall–Kier alpha value is -0.0600. The Balaban J connectivity index is 1.88. The zero-order valence-corrected chi connectivity index (χ0v) is 12.3. The summed E-state index contributed by atoms with van der Waals surface area (Å²) in [7, 11) is 0. The van der Waals surface area contributed by atoms with Crippen molar-refractivity contribution in [1.82, 2.24) is 5.32 Å². The Kier molecular flexibility index (Phi) is 4.88. The molecule has 1 aliphatic rings. The average molecular weight is 318 g/mol. The van der Waals surface area contributed by atoms with Crippen molar-refractivity contribution in [3.05, 3.63) is 34.1 Å². The second kappa shape index (κ2) is 6.21. The fourth-order valence-electron chi connectivity index (χ4n) is 2.28. The minimum Gasteiger partial charge on any atom is -0.310 e. The van der Waals surface area contributed by atoms with Gasteiger partial charge in [0.05, 0.1) is 4.47 Å². The van der Waals surface area contributed by atoms with Crippen molar-refractivity contribution >= 4 is 27.7 Å². The third-order valence-corrected chi connectivity index (χ3v) is 5.31. The number of rotatable bonds is 4. The molecule has 1 aromatic carbocycles. The van der Waals surface area contributed by atoms with E-state index in [-0.39, 0.29) is 5.82 Å². The molecule has 1 fully saturated rings. The summed E-state index contributed by atoms with van der Waals surface area (Å²) in [5.74, 6) is -0.183. The number of benzene rings is 1. The molecule has 0 aliphatic heterocycles. The molecule has 0 bridgehead atoms. The van der Waals surface area contributed by atoms with E-state index in [0.29, 0.717) is 10.5 Å². The number of thioether (sulfide) groups is 1. The largest absolute Gasteiger partial charge is 0.310 e. The molecule has 1 saturated carbocycles. The molecular weight excluding hydrogens is 301 g/mol. The molecule has 0 amide bonds. The van der Waals surface area contributed by atoms with Gasteiger partial charge in [0.2, 0.25) is 0 Å². The van der Waals surface area contributed by atoms with Gasteiger partial charge < -0.3 is 5.32 Å². The normalized spacial score (nSPS) is 24.2. The Labute approximate surface area is 115 Å². The predicted octanol–water partition coefficient (Wildman–Crippen LogP) is 3.96. The molecule has 2 atom stereocenters. The topological polar surface area (TPSA) is 12.0 Å². The van der Waals surface area contributed by atoms with Crippen LogP contribution in [0, 0.1) is 5.82 Å². The summed E-state index contributed by atoms with van der Waals surface area (Å²) in [6, 6.07) is 5.78. The van der Waals surface area contributed by atoms with Crippen LogP contribution in [0.15, 0.2) is 22.7 Å². The summed E-state index contributed by atoms with van der Waals surface area (Å²) < 4.78 is 13.9. The van der Waals surface area contributed by atoms with Gasteiger partial charge in [-0.25, -0.2) is 4.39 Å². The van der Waals surface area contributed by atoms with Crippen molar-refractivity contribution in [1.29, 1.82) is 0 Å². The Morgan fingerprint density at radius 2 is 2.29 bits per heavy atom. The zero-order chi connectivity index (χ0) is 12.3. The molecule has 0 heterocycles. The highest BCUT2D eigenvalue weighted by atomic mass is 79.9. The fourth-order valence-corrected chi connectivity index (χ4v) is 3.48. The van der Waals surface area contributed by atoms with Crippen LogP contribution in [0.4, 0.5) is 4.39 Å². The maximum Gasteiger partial charge on any atom is 0.137 e. The van der Waals surface area contributed by atoms with Crippen molar-refractivity contribution in [2.24, 2.45) is 0 Å². The van der Waals surface area contributed by atoms with Gasteiger partial charge in [-0.3, -0.25) is 0 Å². The van der Waals surface area contributed by atoms with Crippen LogP contribution in [0.3, 0.4) is 0 Å². The van der Waals surface area contributed by atoms with Crippen molar-refractivity contribution < 1.29 is 4.39 Å². The lowest BCUT2D eigenvalue weighted by Gasteiger charge is -2.13. The highest BCUT2D eigenvalue weighted by molar-refractivity contribution is 9.10. The van der Waals surface area contributed by atoms with Crippen LogP contribution in [0.1, 0.15) is 24.8 Å². The highest BCUT2D eigenvalue weighted by Gasteiger charge is 2.23. The minimum absolute atomic E-state index is 0.183. The van der Waals surface area contributed by atoms with Gasteiger partial charge in [0.1, 0.15) is 5.82 Å². The Bertz CT molecular complexity index is 386. The first-order valence-electron chi connectivity index (χ1n) is 5.89. The summed E-state index contributed by atoms with van der Waals surface area (Å²) in [6.07, 6.45) is 5.94. The van der Waals surface area contributed by atoms with Gasteiger partial charge in [0, 0.05) is 17.8 Å². The van der Waals surface area contributed by atoms with Gasteiger partial charge in [-0.2, -0.15) is 11.8 Å². The van der Waals surface area contributed by atoms with Crippen molar-refractivity contribution in [2.45, 2.75) is 37.1 Å². The van der Waals surface area contributed by atoms with E-state index in [2.05, 4.69) is 27.5 Å². The first-order valence-corrected chi connectivity index (χ1v) is 7.98. The monoisotopic (exact) mass is 317 g/mol. The van der Waals surface area contributed by atoms with Crippen LogP contribution in [0.5, 0.6) is 0 Å². The van der Waals surface area contributed by atoms with Crippen molar-refractivity contribution in [2.75, 3.05) is 6.26 Å². The molecule has 0 aromatic heterocycles. The zero-order valence-electron chi connectivity index (χ0n) is 9.88. The molecule has 2 rings (SSSR count). The van der Waals surface area contributed by atoms with Crippen LogP contribution < -0.4 is 5.32 Å². The molecule has 0 saturated heterocycles. The molecule has 4 heteroatoms. The van der Waals surface area contributed by atoms with Crippen LogP contribution in [-0.2, 0) is 6.54 Å². The van der Waals surface area contributed by atoms with E-state index in [1.54, 1.807) is 6.07 Å². The number of halogens is 2. The lowest BCUT2D eigenvalue weighted by Crippen LogP contribution is -2.26. The minimum atomic E-state index is -0.183. The summed E-state index contributed by atoms with van der Waals surface area (Å²) in [6.45, 7) is 0.740. The van der Waals surface area contributed by atoms with Gasteiger partial charge in [-0.05, 0) is 53.1 Å². The van der Waals surface area contributed by atoms with Gasteiger partial charge in [-0.15, -0.1) is 0 Å². The number of hydrogen-bond donors (Lipinski definition) is 1. The van der Waals surface area contributed by atoms with Crippen molar-refractivity contribution in [3.8, 4) is 0 Å². The SMILES string of the molecule is CSC1CCC(NCc2cccc(F)c2Br)C1. The highest BCUT2D eigenvalue weighted by Crippen LogP contribution is 2.28. The van der Waals surface area contributed by atoms with E-state index < -0.39 is 0 Å². The number of nitrogens with one attached hydrogen (secondary N) is 1. The second-order valence-corrected chi connectivity index (χ2v) is 6.39. The quantitative estimate of drug-likeness (QED) is 0.902. The summed E-state index contributed by atoms with van der Waals surface area (Å²) >= 11 is 5.25. The molecule has 17 heavy (non-hydrogen) atoms. The van der Waals surface area contributed by atoms with E-state index in [1.165, 1.54) is 25.3 Å². The average Bonchev–Trinajstić information content (AvgIpc) is 2.79. The first-order chi connectivity index (χ1) is 8.20. The molecule has 94 valence electrons. The van der Waals surface area contributed by atoms with Crippen LogP contribution in [-0.4, -0.2) is 17.5 Å². The molecule has 0 spiro atoms. The Morgan fingerprint density at radius 3 is 3.00 bits per heavy atom. The summed E-state index contributed by atoms with van der Waals surface area (Å²) in [4.78, 5) is 0. The molecular formula is C13H17BrFNS. The van der Waals surface area contributed by atoms with Gasteiger partial charge in [0.15, 0.2) is 0 Å². The van der Waals surface area contributed by atoms with E-state index in [0.717, 1.165) is 17.4 Å². The molecule has 1 aromatic rings.